The maximum absolute atomic E-state index is 8.44. The van der Waals surface area contributed by atoms with Crippen LogP contribution in [0.5, 0.6) is 0 Å². The Balaban J connectivity index is 3.40. The Morgan fingerprint density at radius 2 is 2.30 bits per heavy atom. The number of nitrogens with two attached hydrogens (primary N) is 1. The summed E-state index contributed by atoms with van der Waals surface area (Å²) in [5.74, 6) is 0. The third kappa shape index (κ3) is 1.14. The van der Waals surface area contributed by atoms with Crippen LogP contribution in [0.2, 0.25) is 0 Å². The molecule has 0 spiro atoms. The van der Waals surface area contributed by atoms with Crippen molar-refractivity contribution in [2.45, 2.75) is 0 Å². The Morgan fingerprint density at radius 3 is 2.80 bits per heavy atom. The molecule has 4 heteroatoms. The monoisotopic (exact) mass is 151 g/mol. The number of hydrogen-bond donors (Lipinski definition) is 2. The van der Waals surface area contributed by atoms with Gasteiger partial charge in [0.1, 0.15) is 16.4 Å². The van der Waals surface area contributed by atoms with Gasteiger partial charge in [0.15, 0.2) is 0 Å². The van der Waals surface area contributed by atoms with E-state index in [1.807, 2.05) is 6.07 Å². The molecule has 0 amide bonds. The van der Waals surface area contributed by atoms with Crippen molar-refractivity contribution >= 4 is 17.9 Å². The summed E-state index contributed by atoms with van der Waals surface area (Å²) in [6.07, 6.45) is 0. The zero-order valence-corrected chi connectivity index (χ0v) is 5.90. The van der Waals surface area contributed by atoms with Crippen LogP contribution in [0.25, 0.3) is 0 Å². The van der Waals surface area contributed by atoms with Crippen LogP contribution in [0.3, 0.4) is 0 Å². The van der Waals surface area contributed by atoms with Crippen LogP contribution in [0.4, 0.5) is 5.69 Å². The summed E-state index contributed by atoms with van der Waals surface area (Å²) in [7, 11) is 0. The van der Waals surface area contributed by atoms with Gasteiger partial charge < -0.3 is 10.7 Å². The number of anilines is 1. The second kappa shape index (κ2) is 2.50. The number of nitrogens with zero attached hydrogens (tertiary/aromatic N) is 1. The minimum Gasteiger partial charge on any atom is -0.396 e. The van der Waals surface area contributed by atoms with Gasteiger partial charge in [0.2, 0.25) is 0 Å². The van der Waals surface area contributed by atoms with Gasteiger partial charge >= 0.3 is 0 Å². The summed E-state index contributed by atoms with van der Waals surface area (Å²) >= 11 is 4.76. The Labute approximate surface area is 63.1 Å². The van der Waals surface area contributed by atoms with Gasteiger partial charge in [0.25, 0.3) is 0 Å². The topological polar surface area (TPSA) is 65.6 Å². The molecule has 1 aromatic rings. The van der Waals surface area contributed by atoms with Gasteiger partial charge in [-0.15, -0.1) is 0 Å². The number of pyridine rings is 1. The van der Waals surface area contributed by atoms with E-state index in [4.69, 9.17) is 23.2 Å². The molecular formula is C6H5N3S. The molecule has 0 unspecified atom stereocenters. The maximum atomic E-state index is 8.44. The highest BCUT2D eigenvalue weighted by Crippen LogP contribution is 2.04. The third-order valence-corrected chi connectivity index (χ3v) is 1.30. The van der Waals surface area contributed by atoms with Crippen molar-refractivity contribution in [3.8, 4) is 6.07 Å². The molecule has 0 aliphatic carbocycles. The van der Waals surface area contributed by atoms with Crippen molar-refractivity contribution in [1.82, 2.24) is 4.98 Å². The average molecular weight is 151 g/mol. The van der Waals surface area contributed by atoms with Crippen LogP contribution in [0.1, 0.15) is 5.69 Å². The van der Waals surface area contributed by atoms with Crippen LogP contribution in [0.15, 0.2) is 12.1 Å². The predicted octanol–water partition coefficient (Wildman–Crippen LogP) is 1.20. The molecule has 0 atom stereocenters. The molecule has 0 aromatic carbocycles. The highest BCUT2D eigenvalue weighted by molar-refractivity contribution is 7.71. The first kappa shape index (κ1) is 6.78. The summed E-state index contributed by atoms with van der Waals surface area (Å²) in [5.41, 5.74) is 6.15. The van der Waals surface area contributed by atoms with E-state index < -0.39 is 0 Å². The summed E-state index contributed by atoms with van der Waals surface area (Å²) in [5, 5.41) is 8.44. The zero-order chi connectivity index (χ0) is 7.56. The molecule has 0 saturated carbocycles. The van der Waals surface area contributed by atoms with E-state index in [0.29, 0.717) is 16.0 Å². The van der Waals surface area contributed by atoms with Crippen molar-refractivity contribution in [1.29, 1.82) is 5.26 Å². The highest BCUT2D eigenvalue weighted by Gasteiger charge is 1.93. The average Bonchev–Trinajstić information content (AvgIpc) is 1.94. The predicted molar refractivity (Wildman–Crippen MR) is 40.8 cm³/mol. The van der Waals surface area contributed by atoms with E-state index in [1.165, 1.54) is 0 Å². The fraction of sp³-hybridized carbons (Fsp3) is 0. The molecule has 3 N–H and O–H groups in total. The normalized spacial score (nSPS) is 8.70. The highest BCUT2D eigenvalue weighted by atomic mass is 32.1. The van der Waals surface area contributed by atoms with Gasteiger partial charge in [0, 0.05) is 0 Å². The lowest BCUT2D eigenvalue weighted by Gasteiger charge is -1.93. The molecule has 0 saturated heterocycles. The Kier molecular flexibility index (Phi) is 1.69. The lowest BCUT2D eigenvalue weighted by atomic mass is 10.3. The fourth-order valence-electron chi connectivity index (χ4n) is 0.578. The van der Waals surface area contributed by atoms with Gasteiger partial charge in [-0.05, 0) is 12.1 Å². The second-order valence-corrected chi connectivity index (χ2v) is 2.20. The summed E-state index contributed by atoms with van der Waals surface area (Å²) < 4.78 is 0.519. The van der Waals surface area contributed by atoms with Crippen molar-refractivity contribution in [3.05, 3.63) is 22.5 Å². The van der Waals surface area contributed by atoms with Gasteiger partial charge in [-0.3, -0.25) is 0 Å². The van der Waals surface area contributed by atoms with Crippen LogP contribution in [-0.4, -0.2) is 4.98 Å². The van der Waals surface area contributed by atoms with Crippen LogP contribution in [-0.2, 0) is 0 Å². The molecule has 0 fully saturated rings. The quantitative estimate of drug-likeness (QED) is 0.547. The molecule has 1 rings (SSSR count). The van der Waals surface area contributed by atoms with Crippen LogP contribution < -0.4 is 5.73 Å². The molecule has 1 aromatic heterocycles. The molecule has 1 heterocycles. The largest absolute Gasteiger partial charge is 0.396 e. The molecule has 0 aliphatic rings. The number of nitriles is 1. The van der Waals surface area contributed by atoms with Crippen molar-refractivity contribution in [3.63, 3.8) is 0 Å². The number of nitrogens with one attached hydrogen (secondary N) is 1. The minimum atomic E-state index is 0.326. The van der Waals surface area contributed by atoms with Gasteiger partial charge in [-0.25, -0.2) is 0 Å². The SMILES string of the molecule is N#Cc1[nH]c(=S)ccc1N. The van der Waals surface area contributed by atoms with Crippen LogP contribution in [0, 0.1) is 16.0 Å². The van der Waals surface area contributed by atoms with Crippen molar-refractivity contribution < 1.29 is 0 Å². The van der Waals surface area contributed by atoms with E-state index in [0.717, 1.165) is 0 Å². The standard InChI is InChI=1S/C6H5N3S/c7-3-5-4(8)1-2-6(10)9-5/h1-2H,8H2,(H,9,10). The van der Waals surface area contributed by atoms with Crippen molar-refractivity contribution in [2.75, 3.05) is 5.73 Å². The molecule has 3 nitrogen and oxygen atoms in total. The summed E-state index contributed by atoms with van der Waals surface area (Å²) in [6, 6.07) is 5.14. The lowest BCUT2D eigenvalue weighted by molar-refractivity contribution is 1.25. The second-order valence-electron chi connectivity index (χ2n) is 1.76. The summed E-state index contributed by atoms with van der Waals surface area (Å²) in [6.45, 7) is 0. The Hall–Kier alpha value is -1.34. The van der Waals surface area contributed by atoms with Gasteiger partial charge in [-0.2, -0.15) is 5.26 Å². The van der Waals surface area contributed by atoms with Gasteiger partial charge in [0.05, 0.1) is 5.69 Å². The van der Waals surface area contributed by atoms with E-state index in [2.05, 4.69) is 4.98 Å². The lowest BCUT2D eigenvalue weighted by Crippen LogP contribution is -1.92. The number of H-pyrrole nitrogens is 1. The summed E-state index contributed by atoms with van der Waals surface area (Å²) in [4.78, 5) is 2.65. The maximum Gasteiger partial charge on any atom is 0.141 e. The fourth-order valence-corrected chi connectivity index (χ4v) is 0.748. The molecule has 0 bridgehead atoms. The molecule has 10 heavy (non-hydrogen) atoms. The Morgan fingerprint density at radius 1 is 1.60 bits per heavy atom. The number of hydrogen-bond acceptors (Lipinski definition) is 3. The number of aromatic nitrogens is 1. The smallest absolute Gasteiger partial charge is 0.141 e. The number of nitrogen functional groups attached to an aromatic ring is 1. The number of rotatable bonds is 0. The minimum absolute atomic E-state index is 0.326. The Bertz CT molecular complexity index is 334. The first-order valence-corrected chi connectivity index (χ1v) is 3.04. The van der Waals surface area contributed by atoms with Crippen molar-refractivity contribution in [2.24, 2.45) is 0 Å². The van der Waals surface area contributed by atoms with Gasteiger partial charge in [-0.1, -0.05) is 12.2 Å². The van der Waals surface area contributed by atoms with E-state index in [-0.39, 0.29) is 0 Å². The van der Waals surface area contributed by atoms with E-state index in [9.17, 15) is 0 Å². The molecular weight excluding hydrogens is 146 g/mol. The third-order valence-electron chi connectivity index (χ3n) is 1.06. The molecule has 50 valence electrons. The first-order valence-electron chi connectivity index (χ1n) is 2.63. The molecule has 0 radical (unpaired) electrons. The first-order chi connectivity index (χ1) is 4.74. The van der Waals surface area contributed by atoms with E-state index in [1.54, 1.807) is 12.1 Å². The molecule has 0 aliphatic heterocycles. The zero-order valence-electron chi connectivity index (χ0n) is 5.09. The number of aromatic amines is 1. The van der Waals surface area contributed by atoms with E-state index >= 15 is 0 Å². The van der Waals surface area contributed by atoms with Crippen LogP contribution >= 0.6 is 12.2 Å².